The van der Waals surface area contributed by atoms with Crippen molar-refractivity contribution in [2.45, 2.75) is 12.8 Å². The number of allylic oxidation sites excluding steroid dienone is 3. The van der Waals surface area contributed by atoms with E-state index in [1.165, 1.54) is 0 Å². The number of benzene rings is 2. The SMILES string of the molecule is C=C(OC)c1ccc(NC(=C)c2cc3n(n2)/C(c2ccc(OC)c(OC)c2)=C\C=C/CC3)cc1. The van der Waals surface area contributed by atoms with Gasteiger partial charge in [0.1, 0.15) is 11.5 Å². The van der Waals surface area contributed by atoms with Crippen molar-refractivity contribution in [1.29, 1.82) is 0 Å². The molecule has 0 amide bonds. The van der Waals surface area contributed by atoms with Gasteiger partial charge < -0.3 is 19.5 Å². The smallest absolute Gasteiger partial charge is 0.161 e. The number of aromatic nitrogens is 2. The Morgan fingerprint density at radius 1 is 0.971 bits per heavy atom. The van der Waals surface area contributed by atoms with Crippen molar-refractivity contribution < 1.29 is 14.2 Å². The highest BCUT2D eigenvalue weighted by Gasteiger charge is 2.17. The van der Waals surface area contributed by atoms with Crippen LogP contribution in [-0.2, 0) is 11.2 Å². The zero-order valence-electron chi connectivity index (χ0n) is 19.8. The molecule has 0 unspecified atom stereocenters. The lowest BCUT2D eigenvalue weighted by Crippen LogP contribution is -2.08. The molecular formula is C28H29N3O3. The molecule has 2 heterocycles. The summed E-state index contributed by atoms with van der Waals surface area (Å²) in [5.41, 5.74) is 6.39. The van der Waals surface area contributed by atoms with Gasteiger partial charge >= 0.3 is 0 Å². The van der Waals surface area contributed by atoms with Crippen LogP contribution in [0.15, 0.2) is 79.9 Å². The Kier molecular flexibility index (Phi) is 6.87. The summed E-state index contributed by atoms with van der Waals surface area (Å²) in [4.78, 5) is 0. The van der Waals surface area contributed by atoms with Gasteiger partial charge in [-0.2, -0.15) is 5.10 Å². The van der Waals surface area contributed by atoms with Crippen LogP contribution >= 0.6 is 0 Å². The Morgan fingerprint density at radius 3 is 2.44 bits per heavy atom. The summed E-state index contributed by atoms with van der Waals surface area (Å²) in [6.45, 7) is 8.12. The molecule has 1 aromatic heterocycles. The highest BCUT2D eigenvalue weighted by atomic mass is 16.5. The van der Waals surface area contributed by atoms with E-state index < -0.39 is 0 Å². The lowest BCUT2D eigenvalue weighted by molar-refractivity contribution is 0.355. The minimum Gasteiger partial charge on any atom is -0.497 e. The van der Waals surface area contributed by atoms with Gasteiger partial charge in [-0.1, -0.05) is 25.3 Å². The quantitative estimate of drug-likeness (QED) is 0.423. The summed E-state index contributed by atoms with van der Waals surface area (Å²) in [7, 11) is 4.88. The second kappa shape index (κ2) is 10.2. The van der Waals surface area contributed by atoms with Gasteiger partial charge in [0, 0.05) is 22.5 Å². The highest BCUT2D eigenvalue weighted by molar-refractivity contribution is 5.76. The molecule has 1 aliphatic rings. The molecule has 0 saturated heterocycles. The molecule has 0 spiro atoms. The van der Waals surface area contributed by atoms with Crippen LogP contribution in [0.5, 0.6) is 11.5 Å². The van der Waals surface area contributed by atoms with Crippen LogP contribution in [-0.4, -0.2) is 31.1 Å². The Hall–Kier alpha value is -4.19. The van der Waals surface area contributed by atoms with Crippen LogP contribution in [0.25, 0.3) is 17.2 Å². The molecule has 0 fully saturated rings. The molecule has 1 N–H and O–H groups in total. The van der Waals surface area contributed by atoms with E-state index >= 15 is 0 Å². The Labute approximate surface area is 200 Å². The van der Waals surface area contributed by atoms with Crippen LogP contribution in [0, 0.1) is 0 Å². The van der Waals surface area contributed by atoms with Gasteiger partial charge in [0.05, 0.1) is 32.7 Å². The molecule has 2 aromatic carbocycles. The van der Waals surface area contributed by atoms with Crippen molar-refractivity contribution in [3.8, 4) is 11.5 Å². The zero-order valence-corrected chi connectivity index (χ0v) is 19.8. The molecule has 0 atom stereocenters. The van der Waals surface area contributed by atoms with Gasteiger partial charge in [-0.25, -0.2) is 4.68 Å². The second-order valence-corrected chi connectivity index (χ2v) is 7.83. The Bertz CT molecular complexity index is 1270. The predicted octanol–water partition coefficient (Wildman–Crippen LogP) is 5.99. The standard InChI is InChI=1S/C28H29N3O3/c1-19(29-23-14-11-21(12-15-23)20(2)32-3)25-18-24-9-7-6-8-10-26(31(24)30-25)22-13-16-27(33-4)28(17-22)34-5/h6,8,10-18,29H,1-2,7,9H2,3-5H3/b8-6-,26-10-. The fourth-order valence-electron chi connectivity index (χ4n) is 3.82. The van der Waals surface area contributed by atoms with E-state index in [2.05, 4.69) is 42.8 Å². The molecule has 4 rings (SSSR count). The lowest BCUT2D eigenvalue weighted by atomic mass is 10.1. The van der Waals surface area contributed by atoms with Crippen molar-refractivity contribution in [2.24, 2.45) is 0 Å². The number of nitrogens with one attached hydrogen (secondary N) is 1. The van der Waals surface area contributed by atoms with Gasteiger partial charge in [0.15, 0.2) is 11.5 Å². The monoisotopic (exact) mass is 455 g/mol. The topological polar surface area (TPSA) is 57.5 Å². The molecule has 0 saturated carbocycles. The number of ether oxygens (including phenoxy) is 3. The number of hydrogen-bond donors (Lipinski definition) is 1. The third-order valence-electron chi connectivity index (χ3n) is 5.71. The number of rotatable bonds is 8. The fourth-order valence-corrected chi connectivity index (χ4v) is 3.82. The van der Waals surface area contributed by atoms with Crippen molar-refractivity contribution >= 4 is 22.8 Å². The molecule has 34 heavy (non-hydrogen) atoms. The first kappa shape index (κ1) is 23.0. The zero-order chi connectivity index (χ0) is 24.1. The number of hydrogen-bond acceptors (Lipinski definition) is 5. The van der Waals surface area contributed by atoms with Gasteiger partial charge in [-0.15, -0.1) is 0 Å². The van der Waals surface area contributed by atoms with E-state index in [1.807, 2.05) is 47.1 Å². The van der Waals surface area contributed by atoms with E-state index in [4.69, 9.17) is 19.3 Å². The second-order valence-electron chi connectivity index (χ2n) is 7.83. The number of nitrogens with zero attached hydrogens (tertiary/aromatic N) is 2. The number of fused-ring (bicyclic) bond motifs is 1. The molecule has 0 aliphatic carbocycles. The molecule has 0 bridgehead atoms. The van der Waals surface area contributed by atoms with Gasteiger partial charge in [0.2, 0.25) is 0 Å². The molecule has 1 aliphatic heterocycles. The third-order valence-corrected chi connectivity index (χ3v) is 5.71. The van der Waals surface area contributed by atoms with E-state index in [0.29, 0.717) is 17.3 Å². The van der Waals surface area contributed by atoms with Crippen molar-refractivity contribution in [3.05, 3.63) is 102 Å². The Balaban J connectivity index is 1.63. The average molecular weight is 456 g/mol. The summed E-state index contributed by atoms with van der Waals surface area (Å²) in [5, 5.41) is 8.27. The number of anilines is 1. The number of methoxy groups -OCH3 is 3. The molecule has 6 nitrogen and oxygen atoms in total. The van der Waals surface area contributed by atoms with Gasteiger partial charge in [-0.05, 0) is 67.4 Å². The normalized spacial score (nSPS) is 15.1. The summed E-state index contributed by atoms with van der Waals surface area (Å²) < 4.78 is 18.1. The number of aryl methyl sites for hydroxylation is 1. The van der Waals surface area contributed by atoms with Crippen molar-refractivity contribution in [1.82, 2.24) is 9.78 Å². The maximum absolute atomic E-state index is 5.51. The van der Waals surface area contributed by atoms with E-state index in [9.17, 15) is 0 Å². The summed E-state index contributed by atoms with van der Waals surface area (Å²) in [5.74, 6) is 1.99. The Morgan fingerprint density at radius 2 is 1.74 bits per heavy atom. The lowest BCUT2D eigenvalue weighted by Gasteiger charge is -2.15. The van der Waals surface area contributed by atoms with E-state index in [-0.39, 0.29) is 0 Å². The highest BCUT2D eigenvalue weighted by Crippen LogP contribution is 2.32. The maximum atomic E-state index is 5.51. The van der Waals surface area contributed by atoms with Gasteiger partial charge in [-0.3, -0.25) is 0 Å². The average Bonchev–Trinajstić information content (AvgIpc) is 3.27. The van der Waals surface area contributed by atoms with Crippen LogP contribution < -0.4 is 14.8 Å². The first-order valence-electron chi connectivity index (χ1n) is 11.0. The van der Waals surface area contributed by atoms with Crippen LogP contribution in [0.1, 0.15) is 28.9 Å². The van der Waals surface area contributed by atoms with Gasteiger partial charge in [0.25, 0.3) is 0 Å². The molecule has 0 radical (unpaired) electrons. The largest absolute Gasteiger partial charge is 0.497 e. The summed E-state index contributed by atoms with van der Waals surface area (Å²) in [6.07, 6.45) is 8.11. The third kappa shape index (κ3) is 4.76. The minimum atomic E-state index is 0.627. The molecule has 3 aromatic rings. The molecular weight excluding hydrogens is 426 g/mol. The van der Waals surface area contributed by atoms with E-state index in [1.54, 1.807) is 21.3 Å². The minimum absolute atomic E-state index is 0.627. The van der Waals surface area contributed by atoms with E-state index in [0.717, 1.165) is 52.4 Å². The summed E-state index contributed by atoms with van der Waals surface area (Å²) >= 11 is 0. The van der Waals surface area contributed by atoms with Crippen LogP contribution in [0.4, 0.5) is 5.69 Å². The van der Waals surface area contributed by atoms with Crippen LogP contribution in [0.2, 0.25) is 0 Å². The maximum Gasteiger partial charge on any atom is 0.161 e. The summed E-state index contributed by atoms with van der Waals surface area (Å²) in [6, 6.07) is 15.8. The fraction of sp³-hybridized carbons (Fsp3) is 0.179. The predicted molar refractivity (Wildman–Crippen MR) is 138 cm³/mol. The molecule has 6 heteroatoms. The van der Waals surface area contributed by atoms with Crippen molar-refractivity contribution in [3.63, 3.8) is 0 Å². The molecule has 174 valence electrons. The first-order chi connectivity index (χ1) is 16.5. The first-order valence-corrected chi connectivity index (χ1v) is 11.0. The van der Waals surface area contributed by atoms with Crippen molar-refractivity contribution in [2.75, 3.05) is 26.6 Å². The van der Waals surface area contributed by atoms with Crippen LogP contribution in [0.3, 0.4) is 0 Å².